The summed E-state index contributed by atoms with van der Waals surface area (Å²) in [5, 5.41) is 17.8. The molecular weight excluding hydrogens is 616 g/mol. The number of Topliss-reactive ketones (excluding diaryl/α,β-unsaturated/α-hetero) is 1. The zero-order valence-electron chi connectivity index (χ0n) is 29.3. The van der Waals surface area contributed by atoms with Crippen LogP contribution in [0.15, 0.2) is 78.9 Å². The number of carbonyl (C=O) groups is 3. The molecule has 1 aliphatic rings. The summed E-state index contributed by atoms with van der Waals surface area (Å²) in [5.41, 5.74) is 5.80. The molecule has 2 amide bonds. The zero-order chi connectivity index (χ0) is 35.5. The quantitative estimate of drug-likeness (QED) is 0.151. The largest absolute Gasteiger partial charge is 0.490 e. The number of anilines is 2. The fourth-order valence-corrected chi connectivity index (χ4v) is 6.87. The minimum absolute atomic E-state index is 0.310. The van der Waals surface area contributed by atoms with Gasteiger partial charge in [0.1, 0.15) is 18.3 Å². The number of aliphatic hydroxyl groups is 1. The van der Waals surface area contributed by atoms with E-state index in [0.717, 1.165) is 33.4 Å². The summed E-state index contributed by atoms with van der Waals surface area (Å²) in [4.78, 5) is 42.5. The fourth-order valence-electron chi connectivity index (χ4n) is 6.87. The summed E-state index contributed by atoms with van der Waals surface area (Å²) in [6.45, 7) is 13.7. The molecule has 49 heavy (non-hydrogen) atoms. The van der Waals surface area contributed by atoms with E-state index in [0.29, 0.717) is 41.7 Å². The highest BCUT2D eigenvalue weighted by Crippen LogP contribution is 2.48. The molecule has 0 aliphatic heterocycles. The van der Waals surface area contributed by atoms with Crippen LogP contribution in [0.5, 0.6) is 11.5 Å². The van der Waals surface area contributed by atoms with E-state index in [2.05, 4.69) is 10.6 Å². The summed E-state index contributed by atoms with van der Waals surface area (Å²) in [6, 6.07) is 24.5. The van der Waals surface area contributed by atoms with Crippen molar-refractivity contribution in [2.45, 2.75) is 73.0 Å². The number of ether oxygens (including phenoxy) is 2. The number of rotatable bonds is 10. The lowest BCUT2D eigenvalue weighted by molar-refractivity contribution is -0.150. The predicted octanol–water partition coefficient (Wildman–Crippen LogP) is 7.52. The van der Waals surface area contributed by atoms with Gasteiger partial charge in [-0.2, -0.15) is 0 Å². The maximum atomic E-state index is 14.3. The van der Waals surface area contributed by atoms with E-state index in [1.807, 2.05) is 96.1 Å². The van der Waals surface area contributed by atoms with Gasteiger partial charge in [-0.1, -0.05) is 65.7 Å². The number of nitrogens with one attached hydrogen (secondary N) is 2. The van der Waals surface area contributed by atoms with E-state index in [1.165, 1.54) is 6.92 Å². The molecule has 0 spiro atoms. The normalized spacial score (nSPS) is 20.4. The molecule has 8 heteroatoms. The average molecular weight is 663 g/mol. The Hall–Kier alpha value is -4.95. The van der Waals surface area contributed by atoms with Crippen LogP contribution in [0.1, 0.15) is 65.1 Å². The van der Waals surface area contributed by atoms with Crippen molar-refractivity contribution < 1.29 is 29.0 Å². The van der Waals surface area contributed by atoms with E-state index >= 15 is 0 Å². The van der Waals surface area contributed by atoms with Crippen LogP contribution < -0.4 is 20.1 Å². The molecule has 5 rings (SSSR count). The molecule has 0 aromatic heterocycles. The third-order valence-corrected chi connectivity index (χ3v) is 9.41. The molecule has 0 radical (unpaired) electrons. The van der Waals surface area contributed by atoms with E-state index in [4.69, 9.17) is 9.47 Å². The second-order valence-corrected chi connectivity index (χ2v) is 13.5. The van der Waals surface area contributed by atoms with Gasteiger partial charge in [-0.15, -0.1) is 0 Å². The smallest absolute Gasteiger partial charge is 0.235 e. The predicted molar refractivity (Wildman–Crippen MR) is 192 cm³/mol. The molecule has 0 saturated heterocycles. The van der Waals surface area contributed by atoms with Crippen molar-refractivity contribution in [1.29, 1.82) is 0 Å². The second-order valence-electron chi connectivity index (χ2n) is 13.5. The summed E-state index contributed by atoms with van der Waals surface area (Å²) >= 11 is 0. The van der Waals surface area contributed by atoms with E-state index in [9.17, 15) is 19.5 Å². The molecule has 3 N–H and O–H groups in total. The molecule has 4 atom stereocenters. The van der Waals surface area contributed by atoms with Gasteiger partial charge in [0.15, 0.2) is 11.5 Å². The Labute approximate surface area is 288 Å². The van der Waals surface area contributed by atoms with Crippen LogP contribution in [0.25, 0.3) is 0 Å². The Balaban J connectivity index is 1.59. The highest BCUT2D eigenvalue weighted by atomic mass is 16.5. The lowest BCUT2D eigenvalue weighted by Gasteiger charge is -2.44. The molecule has 4 aromatic carbocycles. The third kappa shape index (κ3) is 7.86. The highest BCUT2D eigenvalue weighted by Gasteiger charge is 2.56. The van der Waals surface area contributed by atoms with Crippen molar-refractivity contribution in [1.82, 2.24) is 0 Å². The lowest BCUT2D eigenvalue weighted by atomic mass is 9.61. The van der Waals surface area contributed by atoms with Gasteiger partial charge in [-0.3, -0.25) is 14.4 Å². The van der Waals surface area contributed by atoms with Gasteiger partial charge in [0.2, 0.25) is 11.8 Å². The number of hydrogen-bond donors (Lipinski definition) is 3. The van der Waals surface area contributed by atoms with Crippen molar-refractivity contribution in [3.63, 3.8) is 0 Å². The van der Waals surface area contributed by atoms with Gasteiger partial charge in [-0.25, -0.2) is 0 Å². The first-order chi connectivity index (χ1) is 23.3. The van der Waals surface area contributed by atoms with Crippen molar-refractivity contribution in [2.75, 3.05) is 17.2 Å². The van der Waals surface area contributed by atoms with Gasteiger partial charge in [-0.05, 0) is 101 Å². The maximum Gasteiger partial charge on any atom is 0.235 e. The summed E-state index contributed by atoms with van der Waals surface area (Å²) < 4.78 is 12.2. The fraction of sp³-hybridized carbons (Fsp3) is 0.341. The number of hydrogen-bond acceptors (Lipinski definition) is 6. The Kier molecular flexibility index (Phi) is 10.6. The van der Waals surface area contributed by atoms with Crippen LogP contribution in [0, 0.1) is 46.5 Å². The van der Waals surface area contributed by atoms with E-state index in [1.54, 1.807) is 24.3 Å². The molecule has 1 fully saturated rings. The van der Waals surface area contributed by atoms with Crippen LogP contribution in [-0.4, -0.2) is 34.9 Å². The van der Waals surface area contributed by atoms with Gasteiger partial charge < -0.3 is 25.2 Å². The first-order valence-electron chi connectivity index (χ1n) is 16.7. The van der Waals surface area contributed by atoms with Gasteiger partial charge in [0, 0.05) is 23.7 Å². The molecular formula is C41H46N2O6. The van der Waals surface area contributed by atoms with Crippen LogP contribution in [0.2, 0.25) is 0 Å². The topological polar surface area (TPSA) is 114 Å². The Morgan fingerprint density at radius 1 is 0.776 bits per heavy atom. The maximum absolute atomic E-state index is 14.3. The summed E-state index contributed by atoms with van der Waals surface area (Å²) in [5.74, 6) is -4.07. The zero-order valence-corrected chi connectivity index (χ0v) is 29.3. The molecule has 1 aliphatic carbocycles. The molecule has 4 unspecified atom stereocenters. The number of ketones is 1. The molecule has 0 heterocycles. The monoisotopic (exact) mass is 662 g/mol. The van der Waals surface area contributed by atoms with E-state index in [-0.39, 0.29) is 6.42 Å². The van der Waals surface area contributed by atoms with Crippen LogP contribution >= 0.6 is 0 Å². The van der Waals surface area contributed by atoms with Crippen LogP contribution in [0.4, 0.5) is 11.4 Å². The average Bonchev–Trinajstić information content (AvgIpc) is 3.03. The molecule has 0 bridgehead atoms. The van der Waals surface area contributed by atoms with Crippen LogP contribution in [-0.2, 0) is 21.0 Å². The van der Waals surface area contributed by atoms with E-state index < -0.39 is 41.0 Å². The first-order valence-corrected chi connectivity index (χ1v) is 16.7. The Morgan fingerprint density at radius 3 is 1.98 bits per heavy atom. The molecule has 256 valence electrons. The molecule has 1 saturated carbocycles. The summed E-state index contributed by atoms with van der Waals surface area (Å²) in [7, 11) is 0. The summed E-state index contributed by atoms with van der Waals surface area (Å²) in [6.07, 6.45) is -0.366. The van der Waals surface area contributed by atoms with Crippen molar-refractivity contribution in [3.8, 4) is 11.5 Å². The SMILES string of the molecule is CCOc1cc(C2C(C(=O)Nc3ccc(C)cc3C)C(=O)CC(C)(O)C2C(=O)Nc2ccc(C)cc2C)ccc1OCc1ccccc1C. The standard InChI is InChI=1S/C41H46N2O6/c1-8-48-35-21-29(15-18-34(35)49-23-30-12-10-9-11-26(30)4)36-37(39(45)42-31-16-13-24(2)19-27(31)5)33(44)22-41(7,47)38(36)40(46)43-32-17-14-25(3)20-28(32)6/h9-21,36-38,47H,8,22-23H2,1-7H3,(H,42,45)(H,43,46). The molecule has 4 aromatic rings. The number of aryl methyl sites for hydroxylation is 5. The van der Waals surface area contributed by atoms with Crippen molar-refractivity contribution in [3.05, 3.63) is 118 Å². The van der Waals surface area contributed by atoms with Crippen molar-refractivity contribution >= 4 is 29.0 Å². The number of benzene rings is 4. The molecule has 8 nitrogen and oxygen atoms in total. The Morgan fingerprint density at radius 2 is 1.39 bits per heavy atom. The van der Waals surface area contributed by atoms with Gasteiger partial charge in [0.05, 0.1) is 18.1 Å². The van der Waals surface area contributed by atoms with Gasteiger partial charge in [0.25, 0.3) is 0 Å². The number of carbonyl (C=O) groups excluding carboxylic acids is 3. The minimum Gasteiger partial charge on any atom is -0.490 e. The Bertz CT molecular complexity index is 1880. The van der Waals surface area contributed by atoms with Crippen molar-refractivity contribution in [2.24, 2.45) is 11.8 Å². The minimum atomic E-state index is -1.76. The lowest BCUT2D eigenvalue weighted by Crippen LogP contribution is -2.56. The highest BCUT2D eigenvalue weighted by molar-refractivity contribution is 6.10. The van der Waals surface area contributed by atoms with Gasteiger partial charge >= 0.3 is 0 Å². The van der Waals surface area contributed by atoms with Crippen LogP contribution in [0.3, 0.4) is 0 Å². The first kappa shape index (κ1) is 35.4. The number of amides is 2. The third-order valence-electron chi connectivity index (χ3n) is 9.41. The second kappa shape index (κ2) is 14.7.